The quantitative estimate of drug-likeness (QED) is 0.135. The molecule has 8 aromatic rings. The average Bonchev–Trinajstić information content (AvgIpc) is 3.49. The summed E-state index contributed by atoms with van der Waals surface area (Å²) in [7, 11) is 0. The third-order valence-corrected chi connectivity index (χ3v) is 11.8. The maximum absolute atomic E-state index is 2.40. The van der Waals surface area contributed by atoms with Crippen LogP contribution >= 0.6 is 0 Å². The highest BCUT2D eigenvalue weighted by molar-refractivity contribution is 5.87. The van der Waals surface area contributed by atoms with Gasteiger partial charge in [-0.05, 0) is 128 Å². The van der Waals surface area contributed by atoms with Crippen molar-refractivity contribution in [2.45, 2.75) is 45.4 Å². The first-order valence-electron chi connectivity index (χ1n) is 20.7. The minimum atomic E-state index is -0.154. The number of rotatable bonds is 9. The van der Waals surface area contributed by atoms with Crippen LogP contribution in [0.4, 0.5) is 34.1 Å². The van der Waals surface area contributed by atoms with Crippen LogP contribution in [0.15, 0.2) is 200 Å². The zero-order valence-electron chi connectivity index (χ0n) is 34.6. The Kier molecular flexibility index (Phi) is 9.87. The third kappa shape index (κ3) is 7.51. The summed E-state index contributed by atoms with van der Waals surface area (Å²) in [6, 6.07) is 72.6. The van der Waals surface area contributed by atoms with Crippen LogP contribution in [0.1, 0.15) is 62.4 Å². The summed E-state index contributed by atoms with van der Waals surface area (Å²) in [6.07, 6.45) is 4.48. The molecule has 0 unspecified atom stereocenters. The molecule has 0 fully saturated rings. The van der Waals surface area contributed by atoms with Crippen LogP contribution in [0.2, 0.25) is 0 Å². The molecule has 0 bridgehead atoms. The first-order chi connectivity index (χ1) is 28.6. The van der Waals surface area contributed by atoms with Crippen molar-refractivity contribution in [3.05, 3.63) is 228 Å². The van der Waals surface area contributed by atoms with Crippen LogP contribution in [-0.4, -0.2) is 0 Å². The normalized spacial score (nSPS) is 12.9. The number of hydrogen-bond donors (Lipinski definition) is 0. The Morgan fingerprint density at radius 3 is 1.32 bits per heavy atom. The summed E-state index contributed by atoms with van der Waals surface area (Å²) in [5, 5.41) is 0. The Hall–Kier alpha value is -6.90. The summed E-state index contributed by atoms with van der Waals surface area (Å²) in [4.78, 5) is 4.70. The van der Waals surface area contributed by atoms with E-state index in [4.69, 9.17) is 0 Å². The maximum Gasteiger partial charge on any atom is 0.0465 e. The van der Waals surface area contributed by atoms with Gasteiger partial charge < -0.3 is 9.80 Å². The van der Waals surface area contributed by atoms with Gasteiger partial charge in [0.1, 0.15) is 0 Å². The monoisotopic (exact) mass is 762 g/mol. The fraction of sp³-hybridized carbons (Fsp3) is 0.123. The zero-order chi connectivity index (χ0) is 40.6. The largest absolute Gasteiger partial charge is 0.311 e. The Balaban J connectivity index is 0.987. The van der Waals surface area contributed by atoms with Crippen LogP contribution in [-0.2, 0) is 10.8 Å². The summed E-state index contributed by atoms with van der Waals surface area (Å²) >= 11 is 0. The molecule has 0 radical (unpaired) electrons. The second-order valence-electron chi connectivity index (χ2n) is 17.1. The Bertz CT molecular complexity index is 2680. The lowest BCUT2D eigenvalue weighted by Gasteiger charge is -2.28. The Morgan fingerprint density at radius 1 is 0.373 bits per heavy atom. The van der Waals surface area contributed by atoms with Crippen molar-refractivity contribution in [2.24, 2.45) is 0 Å². The number of nitrogens with zero attached hydrogens (tertiary/aromatic N) is 2. The molecule has 0 aromatic heterocycles. The molecule has 0 atom stereocenters. The average molecular weight is 763 g/mol. The molecule has 0 N–H and O–H groups in total. The highest BCUT2D eigenvalue weighted by atomic mass is 15.1. The fourth-order valence-corrected chi connectivity index (χ4v) is 8.51. The number of anilines is 6. The molecule has 0 spiro atoms. The lowest BCUT2D eigenvalue weighted by Crippen LogP contribution is -2.16. The van der Waals surface area contributed by atoms with Gasteiger partial charge in [-0.25, -0.2) is 0 Å². The predicted octanol–water partition coefficient (Wildman–Crippen LogP) is 16.1. The van der Waals surface area contributed by atoms with Gasteiger partial charge >= 0.3 is 0 Å². The van der Waals surface area contributed by atoms with Crippen molar-refractivity contribution in [1.82, 2.24) is 0 Å². The summed E-state index contributed by atoms with van der Waals surface area (Å²) < 4.78 is 0. The topological polar surface area (TPSA) is 6.48 Å². The van der Waals surface area contributed by atoms with Gasteiger partial charge in [0.25, 0.3) is 0 Å². The summed E-state index contributed by atoms with van der Waals surface area (Å²) in [5.74, 6) is 0. The smallest absolute Gasteiger partial charge is 0.0465 e. The van der Waals surface area contributed by atoms with Gasteiger partial charge in [-0.2, -0.15) is 0 Å². The van der Waals surface area contributed by atoms with E-state index in [1.807, 2.05) is 0 Å². The molecule has 0 amide bonds. The van der Waals surface area contributed by atoms with Crippen LogP contribution < -0.4 is 9.80 Å². The van der Waals surface area contributed by atoms with Crippen LogP contribution in [0.5, 0.6) is 0 Å². The summed E-state index contributed by atoms with van der Waals surface area (Å²) in [6.45, 7) is 11.5. The van der Waals surface area contributed by atoms with Crippen molar-refractivity contribution < 1.29 is 0 Å². The highest BCUT2D eigenvalue weighted by Gasteiger charge is 2.36. The molecular formula is C57H50N2. The van der Waals surface area contributed by atoms with Crippen LogP contribution in [0, 0.1) is 0 Å². The fourth-order valence-electron chi connectivity index (χ4n) is 8.51. The second kappa shape index (κ2) is 15.5. The standard InChI is InChI=1S/C57H50N2/c1-56(2,3)45-28-34-50(35-29-45)58(49-32-26-44(27-33-49)43-15-9-6-10-16-43)48-30-23-41(24-31-48)21-22-42-25-37-52-53-38-36-51(40-55(53)57(4,5)54(52)39-42)59(46-17-11-7-12-18-46)47-19-13-8-14-20-47/h6-40H,1-5H3/b22-21+. The van der Waals surface area contributed by atoms with Crippen molar-refractivity contribution >= 4 is 46.3 Å². The molecule has 1 aliphatic carbocycles. The van der Waals surface area contributed by atoms with Crippen molar-refractivity contribution in [1.29, 1.82) is 0 Å². The molecule has 0 saturated heterocycles. The molecule has 0 heterocycles. The van der Waals surface area contributed by atoms with E-state index in [0.29, 0.717) is 0 Å². The number of benzene rings is 8. The molecule has 288 valence electrons. The van der Waals surface area contributed by atoms with Crippen LogP contribution in [0.3, 0.4) is 0 Å². The van der Waals surface area contributed by atoms with Crippen molar-refractivity contribution in [3.63, 3.8) is 0 Å². The van der Waals surface area contributed by atoms with Gasteiger partial charge in [-0.3, -0.25) is 0 Å². The van der Waals surface area contributed by atoms with E-state index in [0.717, 1.165) is 39.7 Å². The molecule has 0 saturated carbocycles. The lowest BCUT2D eigenvalue weighted by molar-refractivity contribution is 0.590. The van der Waals surface area contributed by atoms with Crippen molar-refractivity contribution in [2.75, 3.05) is 9.80 Å². The van der Waals surface area contributed by atoms with E-state index in [1.165, 1.54) is 44.5 Å². The number of para-hydroxylation sites is 2. The van der Waals surface area contributed by atoms with Gasteiger partial charge in [-0.1, -0.05) is 174 Å². The van der Waals surface area contributed by atoms with Gasteiger partial charge in [0, 0.05) is 39.5 Å². The van der Waals surface area contributed by atoms with Gasteiger partial charge in [0.2, 0.25) is 0 Å². The molecule has 1 aliphatic rings. The Morgan fingerprint density at radius 2 is 0.763 bits per heavy atom. The van der Waals surface area contributed by atoms with E-state index in [-0.39, 0.29) is 10.8 Å². The molecule has 0 aliphatic heterocycles. The molecule has 8 aromatic carbocycles. The van der Waals surface area contributed by atoms with Gasteiger partial charge in [0.05, 0.1) is 0 Å². The highest BCUT2D eigenvalue weighted by Crippen LogP contribution is 2.51. The zero-order valence-corrected chi connectivity index (χ0v) is 34.6. The van der Waals surface area contributed by atoms with Crippen molar-refractivity contribution in [3.8, 4) is 22.3 Å². The molecule has 59 heavy (non-hydrogen) atoms. The minimum Gasteiger partial charge on any atom is -0.311 e. The minimum absolute atomic E-state index is 0.0871. The second-order valence-corrected chi connectivity index (χ2v) is 17.1. The molecule has 2 nitrogen and oxygen atoms in total. The van der Waals surface area contributed by atoms with E-state index < -0.39 is 0 Å². The summed E-state index contributed by atoms with van der Waals surface area (Å²) in [5.41, 5.74) is 18.2. The number of hydrogen-bond acceptors (Lipinski definition) is 2. The van der Waals surface area contributed by atoms with Gasteiger partial charge in [-0.15, -0.1) is 0 Å². The van der Waals surface area contributed by atoms with Crippen LogP contribution in [0.25, 0.3) is 34.4 Å². The molecule has 2 heteroatoms. The third-order valence-electron chi connectivity index (χ3n) is 11.8. The van der Waals surface area contributed by atoms with E-state index in [2.05, 4.69) is 257 Å². The van der Waals surface area contributed by atoms with Gasteiger partial charge in [0.15, 0.2) is 0 Å². The van der Waals surface area contributed by atoms with E-state index in [9.17, 15) is 0 Å². The SMILES string of the molecule is CC(C)(C)c1ccc(N(c2ccc(/C=C/c3ccc4c(c3)C(C)(C)c3cc(N(c5ccccc5)c5ccccc5)ccc3-4)cc2)c2ccc(-c3ccccc3)cc2)cc1. The first-order valence-corrected chi connectivity index (χ1v) is 20.7. The first kappa shape index (κ1) is 37.7. The maximum atomic E-state index is 2.40. The number of fused-ring (bicyclic) bond motifs is 3. The van der Waals surface area contributed by atoms with E-state index >= 15 is 0 Å². The molecule has 9 rings (SSSR count). The predicted molar refractivity (Wildman–Crippen MR) is 253 cm³/mol. The Labute approximate surface area is 350 Å². The lowest BCUT2D eigenvalue weighted by atomic mass is 9.81. The molecular weight excluding hydrogens is 713 g/mol. The van der Waals surface area contributed by atoms with E-state index in [1.54, 1.807) is 0 Å².